The fourth-order valence-electron chi connectivity index (χ4n) is 5.47. The maximum absolute atomic E-state index is 12.7. The molecule has 2 aliphatic carbocycles. The topological polar surface area (TPSA) is 58.2 Å². The summed E-state index contributed by atoms with van der Waals surface area (Å²) in [7, 11) is 0. The number of hydrogen-bond donors (Lipinski definition) is 2. The third kappa shape index (κ3) is 6.62. The van der Waals surface area contributed by atoms with Crippen LogP contribution in [0.2, 0.25) is 0 Å². The molecule has 2 aromatic rings. The Hall–Kier alpha value is -2.88. The van der Waals surface area contributed by atoms with Crippen molar-refractivity contribution in [1.29, 1.82) is 0 Å². The molecule has 186 valence electrons. The van der Waals surface area contributed by atoms with Gasteiger partial charge in [-0.25, -0.2) is 0 Å². The monoisotopic (exact) mass is 472 g/mol. The first kappa shape index (κ1) is 25.2. The molecule has 4 nitrogen and oxygen atoms in total. The summed E-state index contributed by atoms with van der Waals surface area (Å²) in [6, 6.07) is 12.9. The van der Waals surface area contributed by atoms with E-state index < -0.39 is 0 Å². The van der Waals surface area contributed by atoms with E-state index in [9.17, 15) is 9.59 Å². The number of amides is 2. The summed E-state index contributed by atoms with van der Waals surface area (Å²) in [5.41, 5.74) is 7.08. The molecular formula is C31H40N2O2. The minimum atomic E-state index is 0.0267. The van der Waals surface area contributed by atoms with Gasteiger partial charge in [0.1, 0.15) is 0 Å². The van der Waals surface area contributed by atoms with Crippen molar-refractivity contribution in [2.24, 2.45) is 0 Å². The first-order chi connectivity index (χ1) is 16.9. The fraction of sp³-hybridized carbons (Fsp3) is 0.484. The lowest BCUT2D eigenvalue weighted by Crippen LogP contribution is -2.36. The zero-order valence-corrected chi connectivity index (χ0v) is 21.6. The molecule has 0 heterocycles. The number of carbonyl (C=O) groups excluding carboxylic acids is 2. The second kappa shape index (κ2) is 11.7. The van der Waals surface area contributed by atoms with Gasteiger partial charge in [0.2, 0.25) is 5.91 Å². The van der Waals surface area contributed by atoms with Crippen LogP contribution in [0.1, 0.15) is 98.2 Å². The van der Waals surface area contributed by atoms with Crippen LogP contribution in [0.3, 0.4) is 0 Å². The Morgan fingerprint density at radius 1 is 0.771 bits per heavy atom. The number of hydrogen-bond acceptors (Lipinski definition) is 2. The maximum Gasteiger partial charge on any atom is 0.251 e. The van der Waals surface area contributed by atoms with Crippen molar-refractivity contribution in [3.8, 4) is 11.1 Å². The molecule has 0 unspecified atom stereocenters. The molecule has 0 aliphatic heterocycles. The van der Waals surface area contributed by atoms with Gasteiger partial charge in [-0.1, -0.05) is 62.8 Å². The van der Waals surface area contributed by atoms with Gasteiger partial charge in [-0.15, -0.1) is 0 Å². The molecule has 2 saturated carbocycles. The summed E-state index contributed by atoms with van der Waals surface area (Å²) in [4.78, 5) is 25.4. The van der Waals surface area contributed by atoms with E-state index in [1.54, 1.807) is 0 Å². The number of nitrogens with one attached hydrogen (secondary N) is 2. The Balaban J connectivity index is 1.44. The Morgan fingerprint density at radius 3 is 1.94 bits per heavy atom. The van der Waals surface area contributed by atoms with Gasteiger partial charge < -0.3 is 10.6 Å². The van der Waals surface area contributed by atoms with Crippen LogP contribution in [0.4, 0.5) is 0 Å². The average molecular weight is 473 g/mol. The molecule has 2 amide bonds. The van der Waals surface area contributed by atoms with Crippen molar-refractivity contribution in [3.63, 3.8) is 0 Å². The van der Waals surface area contributed by atoms with Gasteiger partial charge in [0.25, 0.3) is 5.91 Å². The minimum Gasteiger partial charge on any atom is -0.350 e. The highest BCUT2D eigenvalue weighted by molar-refractivity contribution is 5.98. The van der Waals surface area contributed by atoms with Gasteiger partial charge in [0.05, 0.1) is 0 Å². The van der Waals surface area contributed by atoms with Gasteiger partial charge in [0, 0.05) is 23.2 Å². The number of rotatable bonds is 6. The van der Waals surface area contributed by atoms with E-state index in [-0.39, 0.29) is 11.8 Å². The second-order valence-corrected chi connectivity index (χ2v) is 10.5. The van der Waals surface area contributed by atoms with Crippen LogP contribution in [-0.4, -0.2) is 23.9 Å². The summed E-state index contributed by atoms with van der Waals surface area (Å²) in [6.07, 6.45) is 13.7. The molecule has 0 radical (unpaired) electrons. The highest BCUT2D eigenvalue weighted by Crippen LogP contribution is 2.28. The highest BCUT2D eigenvalue weighted by Gasteiger charge is 2.18. The smallest absolute Gasteiger partial charge is 0.251 e. The Labute approximate surface area is 210 Å². The Kier molecular flexibility index (Phi) is 8.43. The van der Waals surface area contributed by atoms with Crippen LogP contribution in [0.5, 0.6) is 0 Å². The third-order valence-electron chi connectivity index (χ3n) is 7.68. The van der Waals surface area contributed by atoms with Gasteiger partial charge in [0.15, 0.2) is 0 Å². The largest absolute Gasteiger partial charge is 0.350 e. The van der Waals surface area contributed by atoms with Crippen molar-refractivity contribution in [2.75, 3.05) is 0 Å². The summed E-state index contributed by atoms with van der Waals surface area (Å²) >= 11 is 0. The zero-order chi connectivity index (χ0) is 24.8. The van der Waals surface area contributed by atoms with E-state index in [0.717, 1.165) is 59.1 Å². The normalized spacial score (nSPS) is 17.7. The maximum atomic E-state index is 12.7. The standard InChI is InChI=1S/C31H40N2O2/c1-21-20-29(24-14-16-25(17-15-24)31(35)33-28-12-8-5-9-13-28)22(2)18-26(21)19-23(3)30(34)32-27-10-6-4-7-11-27/h14-20,27-28H,4-13H2,1-3H3,(H,32,34)(H,33,35). The molecule has 2 aromatic carbocycles. The first-order valence-electron chi connectivity index (χ1n) is 13.4. The number of aryl methyl sites for hydroxylation is 2. The third-order valence-corrected chi connectivity index (χ3v) is 7.68. The highest BCUT2D eigenvalue weighted by atomic mass is 16.2. The first-order valence-corrected chi connectivity index (χ1v) is 13.4. The van der Waals surface area contributed by atoms with Crippen LogP contribution in [0.25, 0.3) is 17.2 Å². The molecule has 0 aromatic heterocycles. The van der Waals surface area contributed by atoms with E-state index in [0.29, 0.717) is 17.6 Å². The lowest BCUT2D eigenvalue weighted by molar-refractivity contribution is -0.118. The summed E-state index contributed by atoms with van der Waals surface area (Å²) in [5, 5.41) is 6.41. The van der Waals surface area contributed by atoms with Crippen molar-refractivity contribution in [1.82, 2.24) is 10.6 Å². The Morgan fingerprint density at radius 2 is 1.34 bits per heavy atom. The predicted octanol–water partition coefficient (Wildman–Crippen LogP) is 6.89. The van der Waals surface area contributed by atoms with E-state index >= 15 is 0 Å². The molecule has 2 N–H and O–H groups in total. The van der Waals surface area contributed by atoms with Crippen molar-refractivity contribution < 1.29 is 9.59 Å². The molecule has 2 fully saturated rings. The van der Waals surface area contributed by atoms with Crippen molar-refractivity contribution in [2.45, 2.75) is 97.1 Å². The molecule has 4 rings (SSSR count). The SMILES string of the molecule is CC(=Cc1cc(C)c(-c2ccc(C(=O)NC3CCCCC3)cc2)cc1C)C(=O)NC1CCCCC1. The quantitative estimate of drug-likeness (QED) is 0.450. The summed E-state index contributed by atoms with van der Waals surface area (Å²) < 4.78 is 0. The molecule has 0 saturated heterocycles. The number of benzene rings is 2. The van der Waals surface area contributed by atoms with E-state index in [2.05, 4.69) is 36.6 Å². The van der Waals surface area contributed by atoms with E-state index in [4.69, 9.17) is 0 Å². The number of carbonyl (C=O) groups is 2. The molecule has 2 aliphatic rings. The van der Waals surface area contributed by atoms with E-state index in [1.165, 1.54) is 38.5 Å². The zero-order valence-electron chi connectivity index (χ0n) is 21.6. The summed E-state index contributed by atoms with van der Waals surface area (Å²) in [6.45, 7) is 6.10. The van der Waals surface area contributed by atoms with Gasteiger partial charge in [-0.2, -0.15) is 0 Å². The minimum absolute atomic E-state index is 0.0267. The van der Waals surface area contributed by atoms with Gasteiger partial charge in [-0.3, -0.25) is 9.59 Å². The summed E-state index contributed by atoms with van der Waals surface area (Å²) in [5.74, 6) is 0.0685. The lowest BCUT2D eigenvalue weighted by Gasteiger charge is -2.23. The fourth-order valence-corrected chi connectivity index (χ4v) is 5.47. The van der Waals surface area contributed by atoms with Crippen LogP contribution in [0, 0.1) is 13.8 Å². The average Bonchev–Trinajstić information content (AvgIpc) is 2.87. The Bertz CT molecular complexity index is 1070. The van der Waals surface area contributed by atoms with Crippen LogP contribution in [-0.2, 0) is 4.79 Å². The molecule has 4 heteroatoms. The van der Waals surface area contributed by atoms with Crippen LogP contribution < -0.4 is 10.6 Å². The molecular weight excluding hydrogens is 432 g/mol. The van der Waals surface area contributed by atoms with Gasteiger partial charge in [-0.05, 0) is 92.5 Å². The van der Waals surface area contributed by atoms with Crippen molar-refractivity contribution >= 4 is 17.9 Å². The molecule has 35 heavy (non-hydrogen) atoms. The molecule has 0 spiro atoms. The molecule has 0 atom stereocenters. The van der Waals surface area contributed by atoms with Crippen LogP contribution >= 0.6 is 0 Å². The second-order valence-electron chi connectivity index (χ2n) is 10.5. The predicted molar refractivity (Wildman–Crippen MR) is 144 cm³/mol. The van der Waals surface area contributed by atoms with E-state index in [1.807, 2.05) is 37.3 Å². The van der Waals surface area contributed by atoms with Crippen molar-refractivity contribution in [3.05, 3.63) is 64.2 Å². The molecule has 0 bridgehead atoms. The van der Waals surface area contributed by atoms with Gasteiger partial charge >= 0.3 is 0 Å². The lowest BCUT2D eigenvalue weighted by atomic mass is 9.93. The van der Waals surface area contributed by atoms with Crippen LogP contribution in [0.15, 0.2) is 42.0 Å².